The Morgan fingerprint density at radius 1 is 1.33 bits per heavy atom. The van der Waals surface area contributed by atoms with E-state index < -0.39 is 18.6 Å². The van der Waals surface area contributed by atoms with Crippen LogP contribution in [0.2, 0.25) is 0 Å². The predicted molar refractivity (Wildman–Crippen MR) is 74.2 cm³/mol. The first-order valence-electron chi connectivity index (χ1n) is 7.02. The average Bonchev–Trinajstić information content (AvgIpc) is 2.44. The Kier molecular flexibility index (Phi) is 4.88. The maximum Gasteiger partial charge on any atom is 0.406 e. The van der Waals surface area contributed by atoms with Gasteiger partial charge in [-0.3, -0.25) is 4.79 Å². The molecular formula is C15H19F3N2O. The third-order valence-electron chi connectivity index (χ3n) is 3.62. The third kappa shape index (κ3) is 4.46. The van der Waals surface area contributed by atoms with Crippen molar-refractivity contribution in [2.24, 2.45) is 0 Å². The van der Waals surface area contributed by atoms with Crippen LogP contribution in [0.4, 0.5) is 13.2 Å². The average molecular weight is 300 g/mol. The number of halogens is 3. The largest absolute Gasteiger partial charge is 0.406 e. The van der Waals surface area contributed by atoms with Crippen molar-refractivity contribution in [2.45, 2.75) is 32.0 Å². The monoisotopic (exact) mass is 300 g/mol. The van der Waals surface area contributed by atoms with Crippen LogP contribution < -0.4 is 5.32 Å². The molecule has 1 saturated heterocycles. The molecule has 0 atom stereocenters. The molecule has 1 N–H and O–H groups in total. The molecule has 0 saturated carbocycles. The number of benzene rings is 1. The maximum absolute atomic E-state index is 12.8. The smallest absolute Gasteiger partial charge is 0.326 e. The summed E-state index contributed by atoms with van der Waals surface area (Å²) in [6.45, 7) is 1.90. The molecule has 1 heterocycles. The molecule has 0 aliphatic carbocycles. The molecule has 0 bridgehead atoms. The molecular weight excluding hydrogens is 281 g/mol. The standard InChI is InChI=1S/C15H19F3N2O/c1-11-3-2-4-12(9-11)14(21)20(10-15(16,17)18)13-5-7-19-8-6-13/h2-4,9,13,19H,5-8,10H2,1H3. The van der Waals surface area contributed by atoms with Crippen LogP contribution in [0.3, 0.4) is 0 Å². The van der Waals surface area contributed by atoms with E-state index in [-0.39, 0.29) is 6.04 Å². The number of piperidine rings is 1. The van der Waals surface area contributed by atoms with E-state index in [1.807, 2.05) is 13.0 Å². The highest BCUT2D eigenvalue weighted by atomic mass is 19.4. The Bertz CT molecular complexity index is 496. The normalized spacial score (nSPS) is 16.8. The van der Waals surface area contributed by atoms with Crippen LogP contribution >= 0.6 is 0 Å². The minimum absolute atomic E-state index is 0.317. The summed E-state index contributed by atoms with van der Waals surface area (Å²) >= 11 is 0. The van der Waals surface area contributed by atoms with Gasteiger partial charge >= 0.3 is 6.18 Å². The highest BCUT2D eigenvalue weighted by molar-refractivity contribution is 5.94. The van der Waals surface area contributed by atoms with Crippen LogP contribution in [0.5, 0.6) is 0 Å². The number of amides is 1. The Labute approximate surface area is 122 Å². The molecule has 1 amide bonds. The Balaban J connectivity index is 2.23. The number of aryl methyl sites for hydroxylation is 1. The number of rotatable bonds is 3. The maximum atomic E-state index is 12.8. The molecule has 21 heavy (non-hydrogen) atoms. The molecule has 0 radical (unpaired) electrons. The highest BCUT2D eigenvalue weighted by Gasteiger charge is 2.37. The predicted octanol–water partition coefficient (Wildman–Crippen LogP) is 2.75. The first-order valence-corrected chi connectivity index (χ1v) is 7.02. The van der Waals surface area contributed by atoms with Gasteiger partial charge < -0.3 is 10.2 Å². The molecule has 2 rings (SSSR count). The van der Waals surface area contributed by atoms with Crippen molar-refractivity contribution in [3.05, 3.63) is 35.4 Å². The van der Waals surface area contributed by atoms with E-state index in [1.54, 1.807) is 18.2 Å². The van der Waals surface area contributed by atoms with Crippen molar-refractivity contribution >= 4 is 5.91 Å². The molecule has 1 fully saturated rings. The fourth-order valence-corrected chi connectivity index (χ4v) is 2.62. The summed E-state index contributed by atoms with van der Waals surface area (Å²) < 4.78 is 38.4. The molecule has 116 valence electrons. The van der Waals surface area contributed by atoms with Crippen molar-refractivity contribution in [1.82, 2.24) is 10.2 Å². The summed E-state index contributed by atoms with van der Waals surface area (Å²) in [6, 6.07) is 6.35. The van der Waals surface area contributed by atoms with Gasteiger partial charge in [-0.1, -0.05) is 17.7 Å². The lowest BCUT2D eigenvalue weighted by molar-refractivity contribution is -0.145. The minimum Gasteiger partial charge on any atom is -0.326 e. The zero-order valence-electron chi connectivity index (χ0n) is 11.9. The van der Waals surface area contributed by atoms with E-state index in [0.29, 0.717) is 31.5 Å². The molecule has 3 nitrogen and oxygen atoms in total. The lowest BCUT2D eigenvalue weighted by Crippen LogP contribution is -2.49. The summed E-state index contributed by atoms with van der Waals surface area (Å²) in [7, 11) is 0. The second-order valence-electron chi connectivity index (χ2n) is 5.40. The molecule has 1 aliphatic heterocycles. The summed E-state index contributed by atoms with van der Waals surface area (Å²) in [5, 5.41) is 3.10. The van der Waals surface area contributed by atoms with E-state index in [1.165, 1.54) is 0 Å². The van der Waals surface area contributed by atoms with E-state index in [9.17, 15) is 18.0 Å². The Morgan fingerprint density at radius 2 is 2.00 bits per heavy atom. The van der Waals surface area contributed by atoms with Crippen LogP contribution in [0.25, 0.3) is 0 Å². The molecule has 0 unspecified atom stereocenters. The zero-order chi connectivity index (χ0) is 15.5. The van der Waals surface area contributed by atoms with Crippen LogP contribution in [0, 0.1) is 6.92 Å². The van der Waals surface area contributed by atoms with Gasteiger partial charge in [0.05, 0.1) is 0 Å². The van der Waals surface area contributed by atoms with Gasteiger partial charge in [-0.2, -0.15) is 13.2 Å². The van der Waals surface area contributed by atoms with Crippen molar-refractivity contribution in [1.29, 1.82) is 0 Å². The summed E-state index contributed by atoms with van der Waals surface area (Å²) in [6.07, 6.45) is -3.29. The zero-order valence-corrected chi connectivity index (χ0v) is 11.9. The lowest BCUT2D eigenvalue weighted by atomic mass is 10.0. The topological polar surface area (TPSA) is 32.3 Å². The summed E-state index contributed by atoms with van der Waals surface area (Å²) in [5.41, 5.74) is 1.18. The second kappa shape index (κ2) is 6.47. The van der Waals surface area contributed by atoms with E-state index >= 15 is 0 Å². The third-order valence-corrected chi connectivity index (χ3v) is 3.62. The van der Waals surface area contributed by atoms with Gasteiger partial charge in [-0.15, -0.1) is 0 Å². The number of alkyl halides is 3. The van der Waals surface area contributed by atoms with Gasteiger partial charge in [0.2, 0.25) is 0 Å². The fraction of sp³-hybridized carbons (Fsp3) is 0.533. The van der Waals surface area contributed by atoms with E-state index in [2.05, 4.69) is 5.32 Å². The first kappa shape index (κ1) is 15.8. The van der Waals surface area contributed by atoms with Gasteiger partial charge in [0.25, 0.3) is 5.91 Å². The number of nitrogens with zero attached hydrogens (tertiary/aromatic N) is 1. The van der Waals surface area contributed by atoms with Crippen molar-refractivity contribution in [2.75, 3.05) is 19.6 Å². The van der Waals surface area contributed by atoms with Gasteiger partial charge in [0.1, 0.15) is 6.54 Å². The molecule has 0 aromatic heterocycles. The molecule has 0 spiro atoms. The second-order valence-corrected chi connectivity index (χ2v) is 5.40. The highest BCUT2D eigenvalue weighted by Crippen LogP contribution is 2.23. The molecule has 1 aromatic carbocycles. The van der Waals surface area contributed by atoms with Gasteiger partial charge in [-0.05, 0) is 45.0 Å². The quantitative estimate of drug-likeness (QED) is 0.931. The van der Waals surface area contributed by atoms with Crippen LogP contribution in [-0.2, 0) is 0 Å². The number of carbonyl (C=O) groups excluding carboxylic acids is 1. The van der Waals surface area contributed by atoms with Crippen LogP contribution in [0.15, 0.2) is 24.3 Å². The molecule has 1 aliphatic rings. The number of hydrogen-bond acceptors (Lipinski definition) is 2. The number of nitrogens with one attached hydrogen (secondary N) is 1. The van der Waals surface area contributed by atoms with Gasteiger partial charge in [-0.25, -0.2) is 0 Å². The van der Waals surface area contributed by atoms with E-state index in [4.69, 9.17) is 0 Å². The Morgan fingerprint density at radius 3 is 2.57 bits per heavy atom. The van der Waals surface area contributed by atoms with Gasteiger partial charge in [0.15, 0.2) is 0 Å². The molecule has 6 heteroatoms. The van der Waals surface area contributed by atoms with Gasteiger partial charge in [0, 0.05) is 11.6 Å². The first-order chi connectivity index (χ1) is 9.87. The van der Waals surface area contributed by atoms with Crippen LogP contribution in [-0.4, -0.2) is 42.7 Å². The van der Waals surface area contributed by atoms with Crippen molar-refractivity contribution in [3.8, 4) is 0 Å². The van der Waals surface area contributed by atoms with E-state index in [0.717, 1.165) is 10.5 Å². The number of carbonyl (C=O) groups is 1. The summed E-state index contributed by atoms with van der Waals surface area (Å²) in [5.74, 6) is -0.539. The summed E-state index contributed by atoms with van der Waals surface area (Å²) in [4.78, 5) is 13.5. The lowest BCUT2D eigenvalue weighted by Gasteiger charge is -2.35. The molecule has 1 aromatic rings. The minimum atomic E-state index is -4.38. The van der Waals surface area contributed by atoms with Crippen molar-refractivity contribution in [3.63, 3.8) is 0 Å². The van der Waals surface area contributed by atoms with Crippen molar-refractivity contribution < 1.29 is 18.0 Å². The van der Waals surface area contributed by atoms with Crippen LogP contribution in [0.1, 0.15) is 28.8 Å². The number of hydrogen-bond donors (Lipinski definition) is 1. The SMILES string of the molecule is Cc1cccc(C(=O)N(CC(F)(F)F)C2CCNCC2)c1. The Hall–Kier alpha value is -1.56. The fourth-order valence-electron chi connectivity index (χ4n) is 2.62.